The van der Waals surface area contributed by atoms with Crippen molar-refractivity contribution in [1.29, 1.82) is 0 Å². The summed E-state index contributed by atoms with van der Waals surface area (Å²) in [5.74, 6) is 0. The van der Waals surface area contributed by atoms with E-state index >= 15 is 0 Å². The molecule has 0 aliphatic carbocycles. The second-order valence-corrected chi connectivity index (χ2v) is 27.0. The highest BCUT2D eigenvalue weighted by molar-refractivity contribution is 6.91. The molecule has 0 spiro atoms. The first-order valence-electron chi connectivity index (χ1n) is 19.6. The summed E-state index contributed by atoms with van der Waals surface area (Å²) in [5, 5.41) is 3.08. The molecule has 2 aromatic heterocycles. The third kappa shape index (κ3) is 8.18. The molecule has 8 aromatic rings. The predicted octanol–water partition coefficient (Wildman–Crippen LogP) is 13.2. The molecule has 2 nitrogen and oxygen atoms in total. The zero-order chi connectivity index (χ0) is 38.9. The Balaban J connectivity index is 1.11. The molecular weight excluding hydrogens is 709 g/mol. The van der Waals surface area contributed by atoms with Gasteiger partial charge in [0.15, 0.2) is 0 Å². The second-order valence-electron chi connectivity index (χ2n) is 16.8. The Kier molecular flexibility index (Phi) is 10.1. The molecule has 0 N–H and O–H groups in total. The lowest BCUT2D eigenvalue weighted by molar-refractivity contribution is 1.30. The van der Waals surface area contributed by atoms with Crippen LogP contribution in [0.3, 0.4) is 0 Å². The Labute approximate surface area is 334 Å². The summed E-state index contributed by atoms with van der Waals surface area (Å²) in [6.45, 7) is 14.7. The second kappa shape index (κ2) is 15.3. The molecule has 0 fully saturated rings. The van der Waals surface area contributed by atoms with Crippen molar-refractivity contribution < 1.29 is 0 Å². The van der Waals surface area contributed by atoms with Crippen LogP contribution in [0, 0.1) is 0 Å². The van der Waals surface area contributed by atoms with E-state index in [0.29, 0.717) is 0 Å². The van der Waals surface area contributed by atoms with Gasteiger partial charge in [-0.3, -0.25) is 4.98 Å². The topological polar surface area (TPSA) is 25.8 Å². The molecule has 0 bridgehead atoms. The van der Waals surface area contributed by atoms with Gasteiger partial charge in [0.05, 0.1) is 33.2 Å². The van der Waals surface area contributed by atoms with Crippen molar-refractivity contribution in [3.05, 3.63) is 182 Å². The van der Waals surface area contributed by atoms with Crippen molar-refractivity contribution in [3.63, 3.8) is 0 Å². The van der Waals surface area contributed by atoms with Gasteiger partial charge in [-0.05, 0) is 69.3 Å². The van der Waals surface area contributed by atoms with Gasteiger partial charge >= 0.3 is 0 Å². The van der Waals surface area contributed by atoms with Crippen LogP contribution in [0.15, 0.2) is 182 Å². The maximum Gasteiger partial charge on any atom is 0.0776 e. The van der Waals surface area contributed by atoms with Gasteiger partial charge in [-0.2, -0.15) is 0 Å². The monoisotopic (exact) mass is 756 g/mol. The summed E-state index contributed by atoms with van der Waals surface area (Å²) in [6, 6.07) is 63.6. The molecule has 0 aliphatic rings. The number of nitrogens with zero attached hydrogens (tertiary/aromatic N) is 2. The van der Waals surface area contributed by atoms with Gasteiger partial charge in [-0.15, -0.1) is 0 Å². The van der Waals surface area contributed by atoms with Gasteiger partial charge in [-0.25, -0.2) is 4.98 Å². The Morgan fingerprint density at radius 1 is 0.286 bits per heavy atom. The first-order chi connectivity index (χ1) is 27.0. The summed E-state index contributed by atoms with van der Waals surface area (Å²) < 4.78 is 0. The number of benzene rings is 6. The Morgan fingerprint density at radius 3 is 1.21 bits per heavy atom. The van der Waals surface area contributed by atoms with E-state index < -0.39 is 16.1 Å². The molecule has 0 amide bonds. The van der Waals surface area contributed by atoms with Crippen LogP contribution in [0.4, 0.5) is 0 Å². The summed E-state index contributed by atoms with van der Waals surface area (Å²) in [7, 11) is -2.94. The summed E-state index contributed by atoms with van der Waals surface area (Å²) >= 11 is 0. The maximum atomic E-state index is 5.22. The van der Waals surface area contributed by atoms with E-state index in [1.165, 1.54) is 27.8 Å². The fourth-order valence-corrected chi connectivity index (χ4v) is 9.70. The molecule has 2 heterocycles. The van der Waals surface area contributed by atoms with Crippen molar-refractivity contribution >= 4 is 26.5 Å². The molecule has 6 aromatic carbocycles. The largest absolute Gasteiger partial charge is 0.256 e. The van der Waals surface area contributed by atoms with Gasteiger partial charge in [0, 0.05) is 28.5 Å². The number of pyridine rings is 2. The van der Waals surface area contributed by atoms with Crippen molar-refractivity contribution in [3.8, 4) is 78.3 Å². The quantitative estimate of drug-likeness (QED) is 0.137. The van der Waals surface area contributed by atoms with Crippen LogP contribution in [0.1, 0.15) is 0 Å². The van der Waals surface area contributed by atoms with Crippen LogP contribution >= 0.6 is 0 Å². The highest BCUT2D eigenvalue weighted by Gasteiger charge is 2.23. The Morgan fingerprint density at radius 2 is 0.696 bits per heavy atom. The van der Waals surface area contributed by atoms with Crippen molar-refractivity contribution in [2.24, 2.45) is 0 Å². The average molecular weight is 757 g/mol. The third-order valence-corrected chi connectivity index (χ3v) is 14.7. The van der Waals surface area contributed by atoms with Crippen LogP contribution in [-0.4, -0.2) is 26.1 Å². The summed E-state index contributed by atoms with van der Waals surface area (Å²) in [5.41, 5.74) is 15.6. The van der Waals surface area contributed by atoms with Gasteiger partial charge < -0.3 is 0 Å². The van der Waals surface area contributed by atoms with Gasteiger partial charge in [-0.1, -0.05) is 195 Å². The molecule has 8 rings (SSSR count). The van der Waals surface area contributed by atoms with Crippen molar-refractivity contribution in [1.82, 2.24) is 9.97 Å². The zero-order valence-corrected chi connectivity index (χ0v) is 35.2. The first kappa shape index (κ1) is 37.0. The molecule has 0 aliphatic heterocycles. The van der Waals surface area contributed by atoms with E-state index in [4.69, 9.17) is 9.97 Å². The number of aromatic nitrogens is 2. The van der Waals surface area contributed by atoms with E-state index in [1.54, 1.807) is 10.4 Å². The fourth-order valence-electron chi connectivity index (χ4n) is 7.20. The van der Waals surface area contributed by atoms with Crippen LogP contribution in [-0.2, 0) is 0 Å². The van der Waals surface area contributed by atoms with Crippen molar-refractivity contribution in [2.75, 3.05) is 0 Å². The first-order valence-corrected chi connectivity index (χ1v) is 26.6. The Hall–Kier alpha value is -5.95. The number of hydrogen-bond donors (Lipinski definition) is 0. The van der Waals surface area contributed by atoms with Gasteiger partial charge in [0.2, 0.25) is 0 Å². The number of hydrogen-bond acceptors (Lipinski definition) is 2. The lowest BCUT2D eigenvalue weighted by atomic mass is 9.95. The zero-order valence-electron chi connectivity index (χ0n) is 33.2. The van der Waals surface area contributed by atoms with E-state index in [1.807, 2.05) is 30.5 Å². The van der Waals surface area contributed by atoms with Crippen molar-refractivity contribution in [2.45, 2.75) is 39.3 Å². The molecule has 4 heteroatoms. The third-order valence-electron chi connectivity index (χ3n) is 10.6. The Bertz CT molecular complexity index is 2590. The van der Waals surface area contributed by atoms with Gasteiger partial charge in [0.1, 0.15) is 0 Å². The average Bonchev–Trinajstić information content (AvgIpc) is 3.23. The summed E-state index contributed by atoms with van der Waals surface area (Å²) in [6.07, 6.45) is 1.97. The van der Waals surface area contributed by atoms with Gasteiger partial charge in [0.25, 0.3) is 0 Å². The fraction of sp³-hybridized carbons (Fsp3) is 0.115. The van der Waals surface area contributed by atoms with Crippen LogP contribution in [0.25, 0.3) is 78.3 Å². The number of rotatable bonds is 9. The molecule has 0 radical (unpaired) electrons. The highest BCUT2D eigenvalue weighted by atomic mass is 28.3. The van der Waals surface area contributed by atoms with E-state index in [-0.39, 0.29) is 0 Å². The smallest absolute Gasteiger partial charge is 0.0776 e. The standard InChI is InChI=1S/C52H48N2Si2/c1-55(2,3)48-31-46(32-49(35-48)56(4,5)6)38-25-23-37(24-26-38)41-19-13-20-42(29-41)43-21-14-22-44(30-43)52-34-47(33-51(54-52)40-17-11-8-12-18-40)45-27-28-50(53-36-45)39-15-9-7-10-16-39/h7-36H,1-6H3. The van der Waals surface area contributed by atoms with E-state index in [2.05, 4.69) is 191 Å². The van der Waals surface area contributed by atoms with E-state index in [9.17, 15) is 0 Å². The lowest BCUT2D eigenvalue weighted by Crippen LogP contribution is -2.45. The van der Waals surface area contributed by atoms with Crippen LogP contribution in [0.2, 0.25) is 39.3 Å². The maximum absolute atomic E-state index is 5.22. The molecule has 56 heavy (non-hydrogen) atoms. The minimum absolute atomic E-state index is 0.928. The van der Waals surface area contributed by atoms with Crippen LogP contribution in [0.5, 0.6) is 0 Å². The normalized spacial score (nSPS) is 11.8. The molecule has 0 saturated heterocycles. The summed E-state index contributed by atoms with van der Waals surface area (Å²) in [4.78, 5) is 10.1. The molecule has 0 saturated carbocycles. The highest BCUT2D eigenvalue weighted by Crippen LogP contribution is 2.34. The molecular formula is C52H48N2Si2. The SMILES string of the molecule is C[Si](C)(C)c1cc(-c2ccc(-c3cccc(-c4cccc(-c5cc(-c6ccc(-c7ccccc7)nc6)cc(-c6ccccc6)n5)c4)c3)cc2)cc([Si](C)(C)C)c1. The minimum atomic E-state index is -1.47. The van der Waals surface area contributed by atoms with E-state index in [0.717, 1.165) is 50.5 Å². The lowest BCUT2D eigenvalue weighted by Gasteiger charge is -2.24. The molecule has 274 valence electrons. The van der Waals surface area contributed by atoms with Crippen LogP contribution < -0.4 is 10.4 Å². The predicted molar refractivity (Wildman–Crippen MR) is 246 cm³/mol. The minimum Gasteiger partial charge on any atom is -0.256 e. The molecule has 0 unspecified atom stereocenters. The molecule has 0 atom stereocenters.